The number of fused-ring (bicyclic) bond motifs is 1. The van der Waals surface area contributed by atoms with E-state index in [9.17, 15) is 0 Å². The highest BCUT2D eigenvalue weighted by Gasteiger charge is 2.06. The van der Waals surface area contributed by atoms with Crippen molar-refractivity contribution in [3.8, 4) is 0 Å². The third kappa shape index (κ3) is 1.94. The molecule has 1 aromatic carbocycles. The molecule has 0 saturated carbocycles. The summed E-state index contributed by atoms with van der Waals surface area (Å²) in [6.07, 6.45) is 1.79. The van der Waals surface area contributed by atoms with Crippen molar-refractivity contribution >= 4 is 34.3 Å². The molecule has 84 valence electrons. The summed E-state index contributed by atoms with van der Waals surface area (Å²) in [4.78, 5) is 11.5. The first-order chi connectivity index (χ1) is 8.33. The van der Waals surface area contributed by atoms with Crippen LogP contribution in [0.4, 0.5) is 11.6 Å². The molecule has 0 bridgehead atoms. The molecule has 17 heavy (non-hydrogen) atoms. The molecule has 0 radical (unpaired) electrons. The molecule has 0 amide bonds. The van der Waals surface area contributed by atoms with Crippen molar-refractivity contribution in [1.82, 2.24) is 15.0 Å². The zero-order valence-electron chi connectivity index (χ0n) is 8.81. The van der Waals surface area contributed by atoms with Crippen molar-refractivity contribution in [1.29, 1.82) is 0 Å². The monoisotopic (exact) mass is 244 g/mol. The number of hydrogen-bond acceptors (Lipinski definition) is 3. The highest BCUT2D eigenvalue weighted by Crippen LogP contribution is 2.21. The summed E-state index contributed by atoms with van der Waals surface area (Å²) in [5, 5.41) is 3.52. The van der Waals surface area contributed by atoms with Crippen LogP contribution in [0.5, 0.6) is 0 Å². The molecule has 2 aromatic heterocycles. The molecule has 0 saturated heterocycles. The number of nitrogens with zero attached hydrogens (tertiary/aromatic N) is 2. The molecule has 3 rings (SSSR count). The van der Waals surface area contributed by atoms with Gasteiger partial charge in [-0.15, -0.1) is 0 Å². The number of aromatic amines is 1. The minimum atomic E-state index is 0.415. The Morgan fingerprint density at radius 3 is 2.71 bits per heavy atom. The Balaban J connectivity index is 2.01. The number of benzene rings is 1. The molecule has 2 heterocycles. The Morgan fingerprint density at radius 2 is 1.88 bits per heavy atom. The number of halogens is 1. The maximum absolute atomic E-state index is 6.05. The highest BCUT2D eigenvalue weighted by molar-refractivity contribution is 6.33. The van der Waals surface area contributed by atoms with E-state index in [-0.39, 0.29) is 0 Å². The van der Waals surface area contributed by atoms with Crippen molar-refractivity contribution in [2.45, 2.75) is 0 Å². The highest BCUT2D eigenvalue weighted by atomic mass is 35.5. The van der Waals surface area contributed by atoms with Crippen molar-refractivity contribution in [2.75, 3.05) is 5.32 Å². The van der Waals surface area contributed by atoms with E-state index in [0.717, 1.165) is 16.7 Å². The Labute approximate surface area is 103 Å². The lowest BCUT2D eigenvalue weighted by Crippen LogP contribution is -1.97. The number of aromatic nitrogens is 3. The molecular weight excluding hydrogens is 236 g/mol. The Kier molecular flexibility index (Phi) is 2.42. The normalized spacial score (nSPS) is 10.6. The average Bonchev–Trinajstić information content (AvgIpc) is 2.79. The van der Waals surface area contributed by atoms with Gasteiger partial charge in [-0.2, -0.15) is 4.98 Å². The molecule has 4 nitrogen and oxygen atoms in total. The second-order valence-corrected chi connectivity index (χ2v) is 3.92. The SMILES string of the molecule is Clc1nc(Nc2ccccc2)nc2cc[nH]c12. The molecule has 2 N–H and O–H groups in total. The molecule has 0 aliphatic rings. The number of para-hydroxylation sites is 1. The van der Waals surface area contributed by atoms with Gasteiger partial charge in [0.05, 0.1) is 5.52 Å². The van der Waals surface area contributed by atoms with Gasteiger partial charge in [-0.25, -0.2) is 4.98 Å². The average molecular weight is 245 g/mol. The minimum Gasteiger partial charge on any atom is -0.357 e. The Morgan fingerprint density at radius 1 is 1.06 bits per heavy atom. The van der Waals surface area contributed by atoms with E-state index in [1.165, 1.54) is 0 Å². The first-order valence-corrected chi connectivity index (χ1v) is 5.53. The van der Waals surface area contributed by atoms with Gasteiger partial charge < -0.3 is 10.3 Å². The van der Waals surface area contributed by atoms with Crippen molar-refractivity contribution in [2.24, 2.45) is 0 Å². The van der Waals surface area contributed by atoms with E-state index in [0.29, 0.717) is 11.1 Å². The lowest BCUT2D eigenvalue weighted by molar-refractivity contribution is 1.21. The van der Waals surface area contributed by atoms with Gasteiger partial charge in [0.25, 0.3) is 0 Å². The van der Waals surface area contributed by atoms with Gasteiger partial charge in [-0.05, 0) is 18.2 Å². The van der Waals surface area contributed by atoms with E-state index < -0.39 is 0 Å². The Bertz CT molecular complexity index is 648. The van der Waals surface area contributed by atoms with E-state index in [1.807, 2.05) is 36.4 Å². The fourth-order valence-electron chi connectivity index (χ4n) is 1.61. The van der Waals surface area contributed by atoms with E-state index in [2.05, 4.69) is 20.3 Å². The molecule has 0 spiro atoms. The molecule has 0 unspecified atom stereocenters. The lowest BCUT2D eigenvalue weighted by Gasteiger charge is -2.04. The van der Waals surface area contributed by atoms with Crippen LogP contribution in [0.3, 0.4) is 0 Å². The first-order valence-electron chi connectivity index (χ1n) is 5.15. The van der Waals surface area contributed by atoms with Crippen LogP contribution in [-0.2, 0) is 0 Å². The number of hydrogen-bond donors (Lipinski definition) is 2. The van der Waals surface area contributed by atoms with Gasteiger partial charge in [-0.1, -0.05) is 29.8 Å². The van der Waals surface area contributed by atoms with E-state index in [4.69, 9.17) is 11.6 Å². The van der Waals surface area contributed by atoms with Gasteiger partial charge in [0.2, 0.25) is 5.95 Å². The third-order valence-electron chi connectivity index (χ3n) is 2.39. The topological polar surface area (TPSA) is 53.6 Å². The maximum Gasteiger partial charge on any atom is 0.229 e. The van der Waals surface area contributed by atoms with E-state index >= 15 is 0 Å². The summed E-state index contributed by atoms with van der Waals surface area (Å²) in [7, 11) is 0. The van der Waals surface area contributed by atoms with Crippen molar-refractivity contribution in [3.63, 3.8) is 0 Å². The van der Waals surface area contributed by atoms with E-state index in [1.54, 1.807) is 6.20 Å². The van der Waals surface area contributed by atoms with Crippen LogP contribution in [0, 0.1) is 0 Å². The van der Waals surface area contributed by atoms with Crippen LogP contribution in [0.15, 0.2) is 42.6 Å². The van der Waals surface area contributed by atoms with Crippen molar-refractivity contribution in [3.05, 3.63) is 47.7 Å². The molecule has 0 atom stereocenters. The summed E-state index contributed by atoms with van der Waals surface area (Å²) >= 11 is 6.05. The Hall–Kier alpha value is -2.07. The van der Waals surface area contributed by atoms with Gasteiger partial charge >= 0.3 is 0 Å². The van der Waals surface area contributed by atoms with Crippen LogP contribution in [0.1, 0.15) is 0 Å². The number of H-pyrrole nitrogens is 1. The van der Waals surface area contributed by atoms with Crippen LogP contribution in [0.2, 0.25) is 5.15 Å². The summed E-state index contributed by atoms with van der Waals surface area (Å²) in [6, 6.07) is 11.6. The van der Waals surface area contributed by atoms with Crippen LogP contribution < -0.4 is 5.32 Å². The number of nitrogens with one attached hydrogen (secondary N) is 2. The largest absolute Gasteiger partial charge is 0.357 e. The molecule has 5 heteroatoms. The molecule has 0 fully saturated rings. The molecular formula is C12H9ClN4. The second kappa shape index (κ2) is 4.07. The summed E-state index contributed by atoms with van der Waals surface area (Å²) in [5.74, 6) is 0.494. The second-order valence-electron chi connectivity index (χ2n) is 3.57. The quantitative estimate of drug-likeness (QED) is 0.680. The summed E-state index contributed by atoms with van der Waals surface area (Å²) in [5.41, 5.74) is 2.48. The maximum atomic E-state index is 6.05. The van der Waals surface area contributed by atoms with Gasteiger partial charge in [-0.3, -0.25) is 0 Å². The third-order valence-corrected chi connectivity index (χ3v) is 2.67. The zero-order valence-corrected chi connectivity index (χ0v) is 9.57. The van der Waals surface area contributed by atoms with Gasteiger partial charge in [0.1, 0.15) is 5.52 Å². The molecule has 3 aromatic rings. The lowest BCUT2D eigenvalue weighted by atomic mass is 10.3. The summed E-state index contributed by atoms with van der Waals surface area (Å²) < 4.78 is 0. The predicted octanol–water partition coefficient (Wildman–Crippen LogP) is 3.35. The fourth-order valence-corrected chi connectivity index (χ4v) is 1.85. The van der Waals surface area contributed by atoms with Gasteiger partial charge in [0.15, 0.2) is 5.15 Å². The number of anilines is 2. The molecule has 0 aliphatic heterocycles. The van der Waals surface area contributed by atoms with Crippen molar-refractivity contribution < 1.29 is 0 Å². The summed E-state index contributed by atoms with van der Waals surface area (Å²) in [6.45, 7) is 0. The first kappa shape index (κ1) is 10.1. The smallest absolute Gasteiger partial charge is 0.229 e. The predicted molar refractivity (Wildman–Crippen MR) is 68.6 cm³/mol. The van der Waals surface area contributed by atoms with Crippen LogP contribution in [0.25, 0.3) is 11.0 Å². The van der Waals surface area contributed by atoms with Crippen LogP contribution in [-0.4, -0.2) is 15.0 Å². The minimum absolute atomic E-state index is 0.415. The fraction of sp³-hybridized carbons (Fsp3) is 0. The molecule has 0 aliphatic carbocycles. The standard InChI is InChI=1S/C12H9ClN4/c13-11-10-9(6-7-14-10)16-12(17-11)15-8-4-2-1-3-5-8/h1-7,14H,(H,15,16,17). The van der Waals surface area contributed by atoms with Gasteiger partial charge in [0, 0.05) is 11.9 Å². The zero-order chi connectivity index (χ0) is 11.7. The number of rotatable bonds is 2. The van der Waals surface area contributed by atoms with Crippen LogP contribution >= 0.6 is 11.6 Å².